The summed E-state index contributed by atoms with van der Waals surface area (Å²) in [6.45, 7) is 4.46. The van der Waals surface area contributed by atoms with E-state index < -0.39 is 5.69 Å². The van der Waals surface area contributed by atoms with Crippen molar-refractivity contribution in [2.75, 3.05) is 36.5 Å². The van der Waals surface area contributed by atoms with E-state index in [1.54, 1.807) is 12.1 Å². The second-order valence-corrected chi connectivity index (χ2v) is 8.43. The summed E-state index contributed by atoms with van der Waals surface area (Å²) in [4.78, 5) is 37.3. The van der Waals surface area contributed by atoms with Crippen molar-refractivity contribution >= 4 is 38.4 Å². The number of furan rings is 1. The van der Waals surface area contributed by atoms with Crippen molar-refractivity contribution in [2.24, 2.45) is 0 Å². The van der Waals surface area contributed by atoms with Gasteiger partial charge in [-0.15, -0.1) is 0 Å². The zero-order chi connectivity index (χ0) is 22.1. The quantitative estimate of drug-likeness (QED) is 0.498. The first-order valence-corrected chi connectivity index (χ1v) is 11.0. The lowest BCUT2D eigenvalue weighted by atomic mass is 10.2. The van der Waals surface area contributed by atoms with Crippen LogP contribution in [0.1, 0.15) is 5.56 Å². The summed E-state index contributed by atoms with van der Waals surface area (Å²) < 4.78 is 12.3. The Balaban J connectivity index is 1.54. The zero-order valence-electron chi connectivity index (χ0n) is 17.4. The van der Waals surface area contributed by atoms with Crippen LogP contribution in [0.15, 0.2) is 51.9 Å². The molecule has 5 rings (SSSR count). The maximum atomic E-state index is 12.9. The van der Waals surface area contributed by atoms with Gasteiger partial charge in [0, 0.05) is 18.8 Å². The van der Waals surface area contributed by atoms with E-state index in [0.717, 1.165) is 10.7 Å². The van der Waals surface area contributed by atoms with E-state index in [1.807, 2.05) is 31.2 Å². The smallest absolute Gasteiger partial charge is 0.349 e. The highest BCUT2D eigenvalue weighted by Crippen LogP contribution is 2.33. The third kappa shape index (κ3) is 4.02. The van der Waals surface area contributed by atoms with Crippen LogP contribution in [0.2, 0.25) is 0 Å². The molecule has 0 spiro atoms. The number of nitrogens with one attached hydrogen (secondary N) is 1. The van der Waals surface area contributed by atoms with E-state index in [9.17, 15) is 9.59 Å². The van der Waals surface area contributed by atoms with Crippen molar-refractivity contribution in [1.29, 1.82) is 0 Å². The lowest BCUT2D eigenvalue weighted by Gasteiger charge is -2.25. The Morgan fingerprint density at radius 2 is 1.94 bits per heavy atom. The predicted octanol–water partition coefficient (Wildman–Crippen LogP) is 2.90. The van der Waals surface area contributed by atoms with E-state index >= 15 is 0 Å². The maximum Gasteiger partial charge on any atom is 0.349 e. The van der Waals surface area contributed by atoms with Gasteiger partial charge in [-0.2, -0.15) is 4.98 Å². The summed E-state index contributed by atoms with van der Waals surface area (Å²) >= 11 is 1.37. The number of rotatable bonds is 5. The number of benzene rings is 1. The summed E-state index contributed by atoms with van der Waals surface area (Å²) in [6.07, 6.45) is 1.53. The normalized spacial score (nSPS) is 14.1. The topological polar surface area (TPSA) is 102 Å². The second kappa shape index (κ2) is 8.56. The number of anilines is 2. The highest BCUT2D eigenvalue weighted by atomic mass is 32.1. The molecule has 32 heavy (non-hydrogen) atoms. The number of hydrogen-bond donors (Lipinski definition) is 1. The monoisotopic (exact) mass is 451 g/mol. The van der Waals surface area contributed by atoms with Gasteiger partial charge in [-0.25, -0.2) is 9.78 Å². The molecular weight excluding hydrogens is 430 g/mol. The number of morpholine rings is 1. The molecule has 3 aromatic heterocycles. The molecule has 0 saturated carbocycles. The van der Waals surface area contributed by atoms with Gasteiger partial charge in [0.05, 0.1) is 19.5 Å². The summed E-state index contributed by atoms with van der Waals surface area (Å²) in [5.74, 6) is 0.147. The molecule has 4 heterocycles. The zero-order valence-corrected chi connectivity index (χ0v) is 18.2. The summed E-state index contributed by atoms with van der Waals surface area (Å²) in [6, 6.07) is 11.0. The Kier molecular flexibility index (Phi) is 5.46. The van der Waals surface area contributed by atoms with Crippen LogP contribution in [-0.4, -0.2) is 46.7 Å². The number of carbonyl (C=O) groups is 1. The van der Waals surface area contributed by atoms with Gasteiger partial charge in [-0.05, 0) is 31.2 Å². The molecule has 10 heteroatoms. The van der Waals surface area contributed by atoms with Crippen LogP contribution < -0.4 is 15.9 Å². The largest absolute Gasteiger partial charge is 0.463 e. The first-order valence-electron chi connectivity index (χ1n) is 10.2. The third-order valence-corrected chi connectivity index (χ3v) is 6.32. The summed E-state index contributed by atoms with van der Waals surface area (Å²) in [5, 5.41) is 3.59. The van der Waals surface area contributed by atoms with Gasteiger partial charge in [-0.1, -0.05) is 29.0 Å². The number of amides is 1. The lowest BCUT2D eigenvalue weighted by Crippen LogP contribution is -2.36. The predicted molar refractivity (Wildman–Crippen MR) is 122 cm³/mol. The highest BCUT2D eigenvalue weighted by molar-refractivity contribution is 7.22. The number of aromatic nitrogens is 3. The van der Waals surface area contributed by atoms with Crippen molar-refractivity contribution in [2.45, 2.75) is 13.5 Å². The molecule has 1 saturated heterocycles. The Hall–Kier alpha value is -3.50. The van der Waals surface area contributed by atoms with Crippen molar-refractivity contribution < 1.29 is 13.9 Å². The van der Waals surface area contributed by atoms with Crippen molar-refractivity contribution in [3.05, 3.63) is 58.7 Å². The molecule has 0 atom stereocenters. The number of carbonyl (C=O) groups excluding carboxylic acids is 1. The molecule has 1 aromatic carbocycles. The Morgan fingerprint density at radius 1 is 1.16 bits per heavy atom. The first-order chi connectivity index (χ1) is 15.6. The minimum atomic E-state index is -0.528. The number of aryl methyl sites for hydroxylation is 1. The second-order valence-electron chi connectivity index (χ2n) is 7.47. The van der Waals surface area contributed by atoms with E-state index in [2.05, 4.69) is 15.2 Å². The molecule has 164 valence electrons. The molecule has 1 aliphatic heterocycles. The van der Waals surface area contributed by atoms with Crippen LogP contribution >= 0.6 is 11.3 Å². The van der Waals surface area contributed by atoms with Gasteiger partial charge in [0.1, 0.15) is 22.6 Å². The summed E-state index contributed by atoms with van der Waals surface area (Å²) in [7, 11) is 0. The van der Waals surface area contributed by atoms with E-state index in [0.29, 0.717) is 53.8 Å². The van der Waals surface area contributed by atoms with Gasteiger partial charge in [0.25, 0.3) is 0 Å². The van der Waals surface area contributed by atoms with E-state index in [1.165, 1.54) is 22.2 Å². The molecule has 1 aliphatic rings. The first kappa shape index (κ1) is 20.4. The standard InChI is InChI=1S/C22H21N5O4S/c1-14-4-6-15(7-5-14)23-17(28)13-27-20-19(18(24-21(27)29)16-3-2-10-31-16)25-22(32-20)26-8-11-30-12-9-26/h2-7,10H,8-9,11-13H2,1H3,(H,23,28). The van der Waals surface area contributed by atoms with Gasteiger partial charge in [0.2, 0.25) is 5.91 Å². The van der Waals surface area contributed by atoms with Crippen LogP contribution in [0.3, 0.4) is 0 Å². The van der Waals surface area contributed by atoms with Crippen molar-refractivity contribution in [3.63, 3.8) is 0 Å². The fourth-order valence-corrected chi connectivity index (χ4v) is 4.64. The Labute approximate surface area is 187 Å². The van der Waals surface area contributed by atoms with Crippen LogP contribution in [0.25, 0.3) is 21.8 Å². The molecule has 9 nitrogen and oxygen atoms in total. The Morgan fingerprint density at radius 3 is 2.66 bits per heavy atom. The summed E-state index contributed by atoms with van der Waals surface area (Å²) in [5.41, 5.74) is 2.15. The molecule has 0 aliphatic carbocycles. The third-order valence-electron chi connectivity index (χ3n) is 5.18. The minimum Gasteiger partial charge on any atom is -0.463 e. The van der Waals surface area contributed by atoms with Crippen LogP contribution in [-0.2, 0) is 16.1 Å². The van der Waals surface area contributed by atoms with Crippen molar-refractivity contribution in [1.82, 2.24) is 14.5 Å². The Bertz CT molecular complexity index is 1300. The number of hydrogen-bond acceptors (Lipinski definition) is 8. The van der Waals surface area contributed by atoms with Crippen LogP contribution in [0.5, 0.6) is 0 Å². The molecule has 0 radical (unpaired) electrons. The molecule has 0 unspecified atom stereocenters. The molecule has 1 amide bonds. The van der Waals surface area contributed by atoms with Gasteiger partial charge < -0.3 is 19.4 Å². The molecule has 0 bridgehead atoms. The average Bonchev–Trinajstić information content (AvgIpc) is 3.48. The lowest BCUT2D eigenvalue weighted by molar-refractivity contribution is -0.116. The fourth-order valence-electron chi connectivity index (χ4n) is 3.53. The SMILES string of the molecule is Cc1ccc(NC(=O)Cn2c(=O)nc(-c3ccco3)c3nc(N4CCOCC4)sc32)cc1. The maximum absolute atomic E-state index is 12.9. The fraction of sp³-hybridized carbons (Fsp3) is 0.273. The average molecular weight is 452 g/mol. The van der Waals surface area contributed by atoms with Gasteiger partial charge >= 0.3 is 5.69 Å². The van der Waals surface area contributed by atoms with Crippen LogP contribution in [0.4, 0.5) is 10.8 Å². The number of ether oxygens (including phenoxy) is 1. The van der Waals surface area contributed by atoms with Crippen LogP contribution in [0, 0.1) is 6.92 Å². The minimum absolute atomic E-state index is 0.167. The molecule has 1 fully saturated rings. The van der Waals surface area contributed by atoms with Gasteiger partial charge in [0.15, 0.2) is 10.9 Å². The number of thiazole rings is 1. The molecule has 4 aromatic rings. The van der Waals surface area contributed by atoms with E-state index in [-0.39, 0.29) is 12.5 Å². The highest BCUT2D eigenvalue weighted by Gasteiger charge is 2.23. The number of nitrogens with zero attached hydrogens (tertiary/aromatic N) is 4. The van der Waals surface area contributed by atoms with Gasteiger partial charge in [-0.3, -0.25) is 9.36 Å². The molecular formula is C22H21N5O4S. The van der Waals surface area contributed by atoms with Crippen molar-refractivity contribution in [3.8, 4) is 11.5 Å². The molecule has 1 N–H and O–H groups in total. The van der Waals surface area contributed by atoms with E-state index in [4.69, 9.17) is 14.1 Å². The number of fused-ring (bicyclic) bond motifs is 1.